The van der Waals surface area contributed by atoms with Crippen LogP contribution in [0.5, 0.6) is 5.75 Å². The van der Waals surface area contributed by atoms with Gasteiger partial charge in [-0.2, -0.15) is 9.61 Å². The number of furan rings is 1. The van der Waals surface area contributed by atoms with Gasteiger partial charge in [-0.3, -0.25) is 0 Å². The molecule has 0 amide bonds. The zero-order chi connectivity index (χ0) is 17.4. The van der Waals surface area contributed by atoms with Crippen LogP contribution >= 0.6 is 11.3 Å². The van der Waals surface area contributed by atoms with Gasteiger partial charge in [0.2, 0.25) is 10.8 Å². The van der Waals surface area contributed by atoms with E-state index in [4.69, 9.17) is 9.15 Å². The van der Waals surface area contributed by atoms with Gasteiger partial charge < -0.3 is 9.15 Å². The van der Waals surface area contributed by atoms with Crippen LogP contribution < -0.4 is 4.74 Å². The second kappa shape index (κ2) is 6.33. The number of fused-ring (bicyclic) bond motifs is 1. The topological polar surface area (TPSA) is 65.5 Å². The molecule has 6 nitrogen and oxygen atoms in total. The fourth-order valence-electron chi connectivity index (χ4n) is 2.66. The van der Waals surface area contributed by atoms with Crippen LogP contribution in [0.3, 0.4) is 0 Å². The number of benzene rings is 1. The van der Waals surface area contributed by atoms with Crippen LogP contribution in [0, 0.1) is 6.92 Å². The third-order valence-electron chi connectivity index (χ3n) is 3.92. The minimum absolute atomic E-state index is 0.398. The van der Waals surface area contributed by atoms with Crippen LogP contribution in [0.25, 0.3) is 16.5 Å². The Labute approximate surface area is 149 Å². The lowest BCUT2D eigenvalue weighted by atomic mass is 10.0. The Balaban J connectivity index is 1.59. The molecule has 0 bridgehead atoms. The molecular formula is C18H18N4O2S. The molecule has 0 aliphatic carbocycles. The summed E-state index contributed by atoms with van der Waals surface area (Å²) in [5.41, 5.74) is 2.38. The van der Waals surface area contributed by atoms with Gasteiger partial charge in [0.15, 0.2) is 10.8 Å². The van der Waals surface area contributed by atoms with Gasteiger partial charge in [0, 0.05) is 0 Å². The molecular weight excluding hydrogens is 336 g/mol. The Morgan fingerprint density at radius 1 is 1.24 bits per heavy atom. The summed E-state index contributed by atoms with van der Waals surface area (Å²) < 4.78 is 13.1. The number of ether oxygens (including phenoxy) is 1. The van der Waals surface area contributed by atoms with Gasteiger partial charge in [-0.25, -0.2) is 0 Å². The van der Waals surface area contributed by atoms with Gasteiger partial charge in [-0.05, 0) is 42.2 Å². The number of hydrogen-bond donors (Lipinski definition) is 0. The number of aromatic nitrogens is 4. The summed E-state index contributed by atoms with van der Waals surface area (Å²) in [6, 6.07) is 9.97. The molecule has 0 N–H and O–H groups in total. The first-order valence-corrected chi connectivity index (χ1v) is 8.92. The Morgan fingerprint density at radius 3 is 2.88 bits per heavy atom. The van der Waals surface area contributed by atoms with Gasteiger partial charge in [0.05, 0.1) is 6.26 Å². The normalized spacial score (nSPS) is 11.5. The highest BCUT2D eigenvalue weighted by Gasteiger charge is 2.16. The van der Waals surface area contributed by atoms with E-state index in [1.54, 1.807) is 10.8 Å². The largest absolute Gasteiger partial charge is 0.486 e. The standard InChI is InChI=1S/C18H18N4O2S/c1-11(2)13-7-6-12(3)9-15(13)24-10-16-21-22-17(14-5-4-8-23-14)19-20-18(22)25-16/h4-9,11H,10H2,1-3H3. The van der Waals surface area contributed by atoms with E-state index in [0.717, 1.165) is 15.7 Å². The first kappa shape index (κ1) is 15.8. The minimum atomic E-state index is 0.398. The molecule has 0 fully saturated rings. The van der Waals surface area contributed by atoms with Crippen molar-refractivity contribution in [3.8, 4) is 17.3 Å². The van der Waals surface area contributed by atoms with Crippen LogP contribution in [0.4, 0.5) is 0 Å². The maximum absolute atomic E-state index is 6.06. The van der Waals surface area contributed by atoms with Crippen molar-refractivity contribution in [2.45, 2.75) is 33.3 Å². The first-order chi connectivity index (χ1) is 12.1. The molecule has 0 saturated carbocycles. The molecule has 0 atom stereocenters. The van der Waals surface area contributed by atoms with Gasteiger partial charge >= 0.3 is 0 Å². The summed E-state index contributed by atoms with van der Waals surface area (Å²) in [5.74, 6) is 2.55. The van der Waals surface area contributed by atoms with E-state index in [-0.39, 0.29) is 0 Å². The zero-order valence-electron chi connectivity index (χ0n) is 14.3. The smallest absolute Gasteiger partial charge is 0.235 e. The summed E-state index contributed by atoms with van der Waals surface area (Å²) in [5, 5.41) is 13.7. The minimum Gasteiger partial charge on any atom is -0.486 e. The van der Waals surface area contributed by atoms with Crippen LogP contribution in [0.1, 0.15) is 35.9 Å². The third-order valence-corrected chi connectivity index (χ3v) is 4.79. The molecule has 0 unspecified atom stereocenters. The van der Waals surface area contributed by atoms with E-state index in [1.165, 1.54) is 22.5 Å². The lowest BCUT2D eigenvalue weighted by Crippen LogP contribution is -2.01. The molecule has 25 heavy (non-hydrogen) atoms. The van der Waals surface area contributed by atoms with E-state index >= 15 is 0 Å². The fourth-order valence-corrected chi connectivity index (χ4v) is 3.40. The number of aryl methyl sites for hydroxylation is 1. The maximum atomic E-state index is 6.06. The average Bonchev–Trinajstić information content (AvgIpc) is 3.29. The first-order valence-electron chi connectivity index (χ1n) is 8.10. The molecule has 4 aromatic rings. The quantitative estimate of drug-likeness (QED) is 0.529. The molecule has 0 aliphatic rings. The van der Waals surface area contributed by atoms with Crippen molar-refractivity contribution < 1.29 is 9.15 Å². The lowest BCUT2D eigenvalue weighted by molar-refractivity contribution is 0.299. The van der Waals surface area contributed by atoms with E-state index in [2.05, 4.69) is 54.3 Å². The van der Waals surface area contributed by atoms with Gasteiger partial charge in [-0.1, -0.05) is 37.3 Å². The molecule has 7 heteroatoms. The van der Waals surface area contributed by atoms with Gasteiger partial charge in [-0.15, -0.1) is 10.2 Å². The van der Waals surface area contributed by atoms with Crippen LogP contribution in [0.2, 0.25) is 0 Å². The monoisotopic (exact) mass is 354 g/mol. The van der Waals surface area contributed by atoms with E-state index in [1.807, 2.05) is 12.1 Å². The number of rotatable bonds is 5. The molecule has 128 valence electrons. The maximum Gasteiger partial charge on any atom is 0.235 e. The average molecular weight is 354 g/mol. The van der Waals surface area contributed by atoms with Crippen LogP contribution in [0.15, 0.2) is 41.0 Å². The number of hydrogen-bond acceptors (Lipinski definition) is 6. The van der Waals surface area contributed by atoms with Crippen LogP contribution in [-0.2, 0) is 6.61 Å². The van der Waals surface area contributed by atoms with E-state index in [0.29, 0.717) is 24.1 Å². The van der Waals surface area contributed by atoms with E-state index in [9.17, 15) is 0 Å². The number of nitrogens with zero attached hydrogens (tertiary/aromatic N) is 4. The highest BCUT2D eigenvalue weighted by molar-refractivity contribution is 7.16. The molecule has 3 aromatic heterocycles. The predicted molar refractivity (Wildman–Crippen MR) is 96.0 cm³/mol. The lowest BCUT2D eigenvalue weighted by Gasteiger charge is -2.14. The van der Waals surface area contributed by atoms with Gasteiger partial charge in [0.1, 0.15) is 12.4 Å². The van der Waals surface area contributed by atoms with Crippen molar-refractivity contribution in [3.63, 3.8) is 0 Å². The zero-order valence-corrected chi connectivity index (χ0v) is 15.1. The Morgan fingerprint density at radius 2 is 2.12 bits per heavy atom. The van der Waals surface area contributed by atoms with Crippen molar-refractivity contribution in [2.75, 3.05) is 0 Å². The van der Waals surface area contributed by atoms with Crippen molar-refractivity contribution >= 4 is 16.3 Å². The second-order valence-electron chi connectivity index (χ2n) is 6.18. The molecule has 0 aliphatic heterocycles. The van der Waals surface area contributed by atoms with Crippen LogP contribution in [-0.4, -0.2) is 19.8 Å². The highest BCUT2D eigenvalue weighted by atomic mass is 32.1. The fraction of sp³-hybridized carbons (Fsp3) is 0.278. The Kier molecular flexibility index (Phi) is 4.01. The molecule has 0 saturated heterocycles. The second-order valence-corrected chi connectivity index (χ2v) is 7.22. The summed E-state index contributed by atoms with van der Waals surface area (Å²) in [6.45, 7) is 6.79. The van der Waals surface area contributed by atoms with E-state index < -0.39 is 0 Å². The summed E-state index contributed by atoms with van der Waals surface area (Å²) in [6.07, 6.45) is 1.61. The molecule has 0 radical (unpaired) electrons. The van der Waals surface area contributed by atoms with Crippen molar-refractivity contribution in [2.24, 2.45) is 0 Å². The summed E-state index contributed by atoms with van der Waals surface area (Å²) >= 11 is 1.46. The summed E-state index contributed by atoms with van der Waals surface area (Å²) in [7, 11) is 0. The predicted octanol–water partition coefficient (Wildman–Crippen LogP) is 4.46. The molecule has 0 spiro atoms. The van der Waals surface area contributed by atoms with Crippen molar-refractivity contribution in [3.05, 3.63) is 52.7 Å². The van der Waals surface area contributed by atoms with Crippen molar-refractivity contribution in [1.82, 2.24) is 19.8 Å². The highest BCUT2D eigenvalue weighted by Crippen LogP contribution is 2.29. The van der Waals surface area contributed by atoms with Gasteiger partial charge in [0.25, 0.3) is 0 Å². The molecule has 1 aromatic carbocycles. The molecule has 4 rings (SSSR count). The van der Waals surface area contributed by atoms with Crippen molar-refractivity contribution in [1.29, 1.82) is 0 Å². The Bertz CT molecular complexity index is 1000. The SMILES string of the molecule is Cc1ccc(C(C)C)c(OCc2nn3c(-c4ccco4)nnc3s2)c1. The Hall–Kier alpha value is -2.67. The third kappa shape index (κ3) is 3.02. The molecule has 3 heterocycles. The summed E-state index contributed by atoms with van der Waals surface area (Å²) in [4.78, 5) is 0.721.